The van der Waals surface area contributed by atoms with Crippen molar-refractivity contribution in [2.45, 2.75) is 90.8 Å². The zero-order valence-electron chi connectivity index (χ0n) is 18.6. The molecule has 3 saturated carbocycles. The number of fused-ring (bicyclic) bond motifs is 5. The van der Waals surface area contributed by atoms with E-state index in [1.54, 1.807) is 0 Å². The van der Waals surface area contributed by atoms with Crippen LogP contribution < -0.4 is 0 Å². The molecular formula is C26H40O3. The molecule has 5 aliphatic carbocycles. The Morgan fingerprint density at radius 1 is 1.14 bits per heavy atom. The Labute approximate surface area is 176 Å². The normalized spacial score (nSPS) is 51.6. The van der Waals surface area contributed by atoms with E-state index in [9.17, 15) is 10.2 Å². The first-order valence-corrected chi connectivity index (χ1v) is 12.3. The third-order valence-corrected chi connectivity index (χ3v) is 10.1. The summed E-state index contributed by atoms with van der Waals surface area (Å²) in [5.41, 5.74) is 1.65. The van der Waals surface area contributed by atoms with E-state index in [0.29, 0.717) is 29.6 Å². The topological polar surface area (TPSA) is 49.7 Å². The van der Waals surface area contributed by atoms with Crippen molar-refractivity contribution in [1.29, 1.82) is 0 Å². The van der Waals surface area contributed by atoms with Crippen LogP contribution in [0.1, 0.15) is 78.6 Å². The Morgan fingerprint density at radius 2 is 1.97 bits per heavy atom. The predicted molar refractivity (Wildman–Crippen MR) is 115 cm³/mol. The van der Waals surface area contributed by atoms with Gasteiger partial charge in [0, 0.05) is 11.8 Å². The quantitative estimate of drug-likeness (QED) is 0.638. The van der Waals surface area contributed by atoms with E-state index in [-0.39, 0.29) is 23.0 Å². The highest BCUT2D eigenvalue weighted by Crippen LogP contribution is 2.67. The molecule has 0 aromatic heterocycles. The Bertz CT molecular complexity index is 711. The molecule has 5 aliphatic rings. The first kappa shape index (κ1) is 20.1. The van der Waals surface area contributed by atoms with Gasteiger partial charge in [-0.2, -0.15) is 0 Å². The van der Waals surface area contributed by atoms with Gasteiger partial charge < -0.3 is 14.9 Å². The highest BCUT2D eigenvalue weighted by Gasteiger charge is 2.63. The molecule has 3 fully saturated rings. The second-order valence-electron chi connectivity index (χ2n) is 11.4. The molecule has 3 heteroatoms. The van der Waals surface area contributed by atoms with Crippen molar-refractivity contribution in [3.8, 4) is 0 Å². The van der Waals surface area contributed by atoms with E-state index >= 15 is 0 Å². The Balaban J connectivity index is 1.53. The molecular weight excluding hydrogens is 360 g/mol. The van der Waals surface area contributed by atoms with Gasteiger partial charge in [-0.3, -0.25) is 0 Å². The number of hydrogen-bond acceptors (Lipinski definition) is 3. The van der Waals surface area contributed by atoms with Crippen LogP contribution in [0.3, 0.4) is 0 Å². The first-order chi connectivity index (χ1) is 13.9. The smallest absolute Gasteiger partial charge is 0.0975 e. The summed E-state index contributed by atoms with van der Waals surface area (Å²) in [6.07, 6.45) is 14.0. The van der Waals surface area contributed by atoms with Crippen LogP contribution in [0, 0.1) is 40.4 Å². The molecule has 0 saturated heterocycles. The first-order valence-electron chi connectivity index (χ1n) is 12.3. The van der Waals surface area contributed by atoms with E-state index < -0.39 is 0 Å². The fraction of sp³-hybridized carbons (Fsp3) is 0.846. The lowest BCUT2D eigenvalue weighted by Crippen LogP contribution is -2.58. The molecule has 0 heterocycles. The SMILES string of the molecule is CC1CC2=CC(O)CC(C)[C@]2(COC2=CCCC2)[C@@H]2CC[C@]3(C)C(O)CC[C@H]3[C@H]12. The summed E-state index contributed by atoms with van der Waals surface area (Å²) < 4.78 is 6.54. The molecule has 3 nitrogen and oxygen atoms in total. The van der Waals surface area contributed by atoms with Gasteiger partial charge in [0.05, 0.1) is 24.6 Å². The lowest BCUT2D eigenvalue weighted by atomic mass is 9.43. The number of allylic oxidation sites excluding steroid dienone is 2. The summed E-state index contributed by atoms with van der Waals surface area (Å²) in [5.74, 6) is 4.18. The van der Waals surface area contributed by atoms with Crippen LogP contribution in [0.5, 0.6) is 0 Å². The molecule has 0 aromatic rings. The van der Waals surface area contributed by atoms with Crippen LogP contribution >= 0.6 is 0 Å². The van der Waals surface area contributed by atoms with Crippen molar-refractivity contribution in [2.75, 3.05) is 6.61 Å². The molecule has 0 aromatic carbocycles. The highest BCUT2D eigenvalue weighted by atomic mass is 16.5. The molecule has 0 amide bonds. The van der Waals surface area contributed by atoms with E-state index in [2.05, 4.69) is 32.9 Å². The largest absolute Gasteiger partial charge is 0.497 e. The van der Waals surface area contributed by atoms with Gasteiger partial charge >= 0.3 is 0 Å². The highest BCUT2D eigenvalue weighted by molar-refractivity contribution is 5.29. The van der Waals surface area contributed by atoms with Crippen molar-refractivity contribution in [1.82, 2.24) is 0 Å². The second-order valence-corrected chi connectivity index (χ2v) is 11.4. The number of hydrogen-bond donors (Lipinski definition) is 2. The zero-order valence-corrected chi connectivity index (χ0v) is 18.6. The number of rotatable bonds is 3. The third-order valence-electron chi connectivity index (χ3n) is 10.1. The summed E-state index contributed by atoms with van der Waals surface area (Å²) in [5, 5.41) is 21.4. The van der Waals surface area contributed by atoms with Crippen molar-refractivity contribution >= 4 is 0 Å². The van der Waals surface area contributed by atoms with Gasteiger partial charge in [-0.15, -0.1) is 0 Å². The maximum absolute atomic E-state index is 10.8. The molecule has 0 radical (unpaired) electrons. The second kappa shape index (κ2) is 7.12. The van der Waals surface area contributed by atoms with Crippen LogP contribution in [-0.4, -0.2) is 29.0 Å². The van der Waals surface area contributed by atoms with Gasteiger partial charge in [-0.05, 0) is 92.4 Å². The average Bonchev–Trinajstić information content (AvgIpc) is 3.29. The summed E-state index contributed by atoms with van der Waals surface area (Å²) in [7, 11) is 0. The van der Waals surface area contributed by atoms with E-state index in [1.165, 1.54) is 30.6 Å². The standard InChI is InChI=1S/C26H40O3/c1-16-12-18-14-19(27)13-17(2)26(18,15-29-20-6-4-5-7-20)22-10-11-25(3)21(24(16)22)8-9-23(25)28/h6,14,16-17,19,21-24,27-28H,4-5,7-13,15H2,1-3H3/t16?,17?,19?,21-,22+,23?,24-,25-,26-/m0/s1. The van der Waals surface area contributed by atoms with Gasteiger partial charge in [0.15, 0.2) is 0 Å². The molecule has 162 valence electrons. The van der Waals surface area contributed by atoms with Crippen molar-refractivity contribution in [3.63, 3.8) is 0 Å². The molecule has 0 bridgehead atoms. The minimum atomic E-state index is -0.301. The van der Waals surface area contributed by atoms with Crippen molar-refractivity contribution in [2.24, 2.45) is 40.4 Å². The van der Waals surface area contributed by atoms with Gasteiger partial charge in [0.1, 0.15) is 0 Å². The van der Waals surface area contributed by atoms with Gasteiger partial charge in [0.2, 0.25) is 0 Å². The van der Waals surface area contributed by atoms with Gasteiger partial charge in [0.25, 0.3) is 0 Å². The minimum absolute atomic E-state index is 0.0642. The van der Waals surface area contributed by atoms with E-state index in [4.69, 9.17) is 4.74 Å². The lowest BCUT2D eigenvalue weighted by Gasteiger charge is -2.62. The summed E-state index contributed by atoms with van der Waals surface area (Å²) in [6, 6.07) is 0. The van der Waals surface area contributed by atoms with Gasteiger partial charge in [-0.1, -0.05) is 32.4 Å². The summed E-state index contributed by atoms with van der Waals surface area (Å²) in [6.45, 7) is 7.96. The van der Waals surface area contributed by atoms with Gasteiger partial charge in [-0.25, -0.2) is 0 Å². The van der Waals surface area contributed by atoms with E-state index in [1.807, 2.05) is 0 Å². The maximum atomic E-state index is 10.8. The van der Waals surface area contributed by atoms with Crippen LogP contribution in [0.25, 0.3) is 0 Å². The molecule has 0 spiro atoms. The Kier molecular flexibility index (Phi) is 4.94. The number of ether oxygens (including phenoxy) is 1. The lowest BCUT2D eigenvalue weighted by molar-refractivity contribution is -0.129. The molecule has 4 unspecified atom stereocenters. The molecule has 0 aliphatic heterocycles. The zero-order chi connectivity index (χ0) is 20.4. The molecule has 5 rings (SSSR count). The van der Waals surface area contributed by atoms with Crippen molar-refractivity contribution in [3.05, 3.63) is 23.5 Å². The minimum Gasteiger partial charge on any atom is -0.497 e. The van der Waals surface area contributed by atoms with Crippen LogP contribution in [-0.2, 0) is 4.74 Å². The monoisotopic (exact) mass is 400 g/mol. The third kappa shape index (κ3) is 2.90. The Morgan fingerprint density at radius 3 is 2.72 bits per heavy atom. The predicted octanol–water partition coefficient (Wildman–Crippen LogP) is 5.23. The molecule has 29 heavy (non-hydrogen) atoms. The van der Waals surface area contributed by atoms with E-state index in [0.717, 1.165) is 45.1 Å². The summed E-state index contributed by atoms with van der Waals surface area (Å²) >= 11 is 0. The van der Waals surface area contributed by atoms with Crippen LogP contribution in [0.4, 0.5) is 0 Å². The number of aliphatic hydroxyl groups is 2. The fourth-order valence-electron chi connectivity index (χ4n) is 8.58. The Hall–Kier alpha value is -0.800. The number of aliphatic hydroxyl groups excluding tert-OH is 2. The van der Waals surface area contributed by atoms with Crippen molar-refractivity contribution < 1.29 is 14.9 Å². The summed E-state index contributed by atoms with van der Waals surface area (Å²) in [4.78, 5) is 0. The molecule has 9 atom stereocenters. The molecule has 2 N–H and O–H groups in total. The van der Waals surface area contributed by atoms with Crippen LogP contribution in [0.2, 0.25) is 0 Å². The average molecular weight is 401 g/mol. The maximum Gasteiger partial charge on any atom is 0.0975 e. The fourth-order valence-corrected chi connectivity index (χ4v) is 8.58. The van der Waals surface area contributed by atoms with Crippen LogP contribution in [0.15, 0.2) is 23.5 Å².